The maximum atomic E-state index is 12.7. The van der Waals surface area contributed by atoms with Crippen molar-refractivity contribution in [1.82, 2.24) is 15.4 Å². The molecule has 9 N–H and O–H groups in total. The minimum atomic E-state index is -4.68. The number of phenols is 4. The Kier molecular flexibility index (Phi) is 11.1. The zero-order valence-electron chi connectivity index (χ0n) is 25.3. The van der Waals surface area contributed by atoms with Crippen LogP contribution in [0.2, 0.25) is 0 Å². The molecule has 1 heterocycles. The van der Waals surface area contributed by atoms with Gasteiger partial charge in [-0.3, -0.25) is 14.2 Å². The SMILES string of the molecule is CC(COc1cc2cc(S(=O)(=O)NCP(=O)(O)O)sc2cc1OCC(C)NC(=O)c1cccc(O)c1O)NC(=O)c1cccc(O)c1O. The van der Waals surface area contributed by atoms with Crippen LogP contribution in [0.1, 0.15) is 34.6 Å². The van der Waals surface area contributed by atoms with E-state index < -0.39 is 70.8 Å². The van der Waals surface area contributed by atoms with Crippen LogP contribution >= 0.6 is 18.9 Å². The van der Waals surface area contributed by atoms with Gasteiger partial charge < -0.3 is 50.3 Å². The van der Waals surface area contributed by atoms with E-state index in [-0.39, 0.29) is 40.0 Å². The van der Waals surface area contributed by atoms with Gasteiger partial charge in [-0.2, -0.15) is 4.72 Å². The molecule has 48 heavy (non-hydrogen) atoms. The van der Waals surface area contributed by atoms with Crippen molar-refractivity contribution >= 4 is 50.9 Å². The molecule has 3 aromatic carbocycles. The highest BCUT2D eigenvalue weighted by molar-refractivity contribution is 7.92. The summed E-state index contributed by atoms with van der Waals surface area (Å²) in [6.45, 7) is 2.92. The molecule has 0 saturated heterocycles. The molecule has 4 rings (SSSR count). The number of sulfonamides is 1. The number of phenolic OH excluding ortho intramolecular Hbond substituents is 4. The van der Waals surface area contributed by atoms with Crippen molar-refractivity contribution in [2.45, 2.75) is 30.1 Å². The van der Waals surface area contributed by atoms with Gasteiger partial charge in [0.1, 0.15) is 23.7 Å². The normalized spacial score (nSPS) is 13.1. The van der Waals surface area contributed by atoms with Gasteiger partial charge in [-0.1, -0.05) is 12.1 Å². The van der Waals surface area contributed by atoms with Crippen molar-refractivity contribution < 1.29 is 62.3 Å². The smallest absolute Gasteiger partial charge is 0.340 e. The summed E-state index contributed by atoms with van der Waals surface area (Å²) in [5.41, 5.74) is -0.330. The van der Waals surface area contributed by atoms with Crippen LogP contribution in [0.25, 0.3) is 10.1 Å². The molecule has 0 aliphatic carbocycles. The summed E-state index contributed by atoms with van der Waals surface area (Å²) in [6, 6.07) is 10.7. The van der Waals surface area contributed by atoms with Gasteiger partial charge in [-0.25, -0.2) is 8.42 Å². The van der Waals surface area contributed by atoms with Crippen molar-refractivity contribution in [1.29, 1.82) is 0 Å². The highest BCUT2D eigenvalue weighted by atomic mass is 32.2. The van der Waals surface area contributed by atoms with Crippen molar-refractivity contribution in [3.63, 3.8) is 0 Å². The van der Waals surface area contributed by atoms with Crippen molar-refractivity contribution in [2.24, 2.45) is 0 Å². The molecule has 2 unspecified atom stereocenters. The number of aromatic hydroxyl groups is 4. The van der Waals surface area contributed by atoms with E-state index in [0.29, 0.717) is 10.1 Å². The number of amides is 2. The minimum Gasteiger partial charge on any atom is -0.504 e. The van der Waals surface area contributed by atoms with E-state index >= 15 is 0 Å². The Morgan fingerprint density at radius 1 is 0.812 bits per heavy atom. The van der Waals surface area contributed by atoms with Gasteiger partial charge in [-0.15, -0.1) is 11.3 Å². The number of ether oxygens (including phenoxy) is 2. The number of hydrogen-bond donors (Lipinski definition) is 9. The fourth-order valence-corrected chi connectivity index (χ4v) is 7.63. The molecule has 0 fully saturated rings. The monoisotopic (exact) mass is 725 g/mol. The first-order chi connectivity index (χ1) is 22.4. The number of carbonyl (C=O) groups excluding carboxylic acids is 2. The molecule has 16 nitrogen and oxygen atoms in total. The van der Waals surface area contributed by atoms with Gasteiger partial charge >= 0.3 is 7.60 Å². The Balaban J connectivity index is 1.55. The third kappa shape index (κ3) is 9.06. The van der Waals surface area contributed by atoms with E-state index in [9.17, 15) is 43.0 Å². The molecule has 0 aliphatic heterocycles. The molecule has 0 spiro atoms. The lowest BCUT2D eigenvalue weighted by Crippen LogP contribution is -2.37. The Morgan fingerprint density at radius 3 is 1.77 bits per heavy atom. The van der Waals surface area contributed by atoms with Crippen molar-refractivity contribution in [2.75, 3.05) is 19.5 Å². The minimum absolute atomic E-state index is 0.109. The standard InChI is InChI=1S/C29H32N3O13PS2/c1-15(31-28(37)18-5-3-7-20(33)26(18)35)12-44-22-9-17-10-25(48(42,43)30-14-46(39,40)41)47-24(17)11-23(22)45-13-16(2)32-29(38)19-6-4-8-21(34)27(19)36/h3-11,15-16,30,33-36H,12-14H2,1-2H3,(H,31,37)(H,32,38)(H2,39,40,41). The quantitative estimate of drug-likeness (QED) is 0.0670. The summed E-state index contributed by atoms with van der Waals surface area (Å²) in [4.78, 5) is 43.5. The van der Waals surface area contributed by atoms with Crippen LogP contribution in [0.15, 0.2) is 58.8 Å². The van der Waals surface area contributed by atoms with E-state index in [1.54, 1.807) is 13.8 Å². The summed E-state index contributed by atoms with van der Waals surface area (Å²) in [6.07, 6.45) is -1.10. The van der Waals surface area contributed by atoms with Gasteiger partial charge in [0.2, 0.25) is 0 Å². The van der Waals surface area contributed by atoms with Crippen molar-refractivity contribution in [3.8, 4) is 34.5 Å². The summed E-state index contributed by atoms with van der Waals surface area (Å²) in [5, 5.41) is 45.1. The molecule has 2 amide bonds. The van der Waals surface area contributed by atoms with E-state index in [1.165, 1.54) is 54.6 Å². The van der Waals surface area contributed by atoms with Crippen LogP contribution in [0, 0.1) is 0 Å². The van der Waals surface area contributed by atoms with Crippen LogP contribution in [0.4, 0.5) is 0 Å². The summed E-state index contributed by atoms with van der Waals surface area (Å²) >= 11 is 0.794. The maximum absolute atomic E-state index is 12.7. The Hall–Kier alpha value is -4.58. The van der Waals surface area contributed by atoms with Crippen LogP contribution in [-0.2, 0) is 14.6 Å². The number of hydrogen-bond acceptors (Lipinski definition) is 12. The predicted octanol–water partition coefficient (Wildman–Crippen LogP) is 2.53. The number of benzene rings is 3. The number of thiophene rings is 1. The largest absolute Gasteiger partial charge is 0.504 e. The summed E-state index contributed by atoms with van der Waals surface area (Å²) < 4.78 is 50.6. The third-order valence-corrected chi connectivity index (χ3v) is 10.3. The first-order valence-electron chi connectivity index (χ1n) is 14.0. The molecule has 0 aliphatic rings. The Labute approximate surface area is 277 Å². The average Bonchev–Trinajstić information content (AvgIpc) is 3.44. The van der Waals surface area contributed by atoms with Crippen LogP contribution in [0.5, 0.6) is 34.5 Å². The van der Waals surface area contributed by atoms with Gasteiger partial charge in [-0.05, 0) is 55.6 Å². The topological polar surface area (TPSA) is 261 Å². The highest BCUT2D eigenvalue weighted by Gasteiger charge is 2.24. The van der Waals surface area contributed by atoms with Gasteiger partial charge in [0, 0.05) is 10.8 Å². The molecule has 0 radical (unpaired) electrons. The van der Waals surface area contributed by atoms with Crippen molar-refractivity contribution in [3.05, 3.63) is 65.7 Å². The zero-order valence-corrected chi connectivity index (χ0v) is 27.8. The number of nitrogens with one attached hydrogen (secondary N) is 3. The number of rotatable bonds is 14. The fourth-order valence-electron chi connectivity index (χ4n) is 4.17. The zero-order chi connectivity index (χ0) is 35.4. The number of fused-ring (bicyclic) bond motifs is 1. The molecule has 4 aromatic rings. The first-order valence-corrected chi connectivity index (χ1v) is 18.1. The van der Waals surface area contributed by atoms with Crippen LogP contribution < -0.4 is 24.8 Å². The molecule has 2 atom stereocenters. The first kappa shape index (κ1) is 36.3. The molecular formula is C29H32N3O13PS2. The lowest BCUT2D eigenvalue weighted by Gasteiger charge is -2.19. The fraction of sp³-hybridized carbons (Fsp3) is 0.241. The third-order valence-electron chi connectivity index (χ3n) is 6.54. The van der Waals surface area contributed by atoms with Crippen LogP contribution in [0.3, 0.4) is 0 Å². The molecule has 0 bridgehead atoms. The van der Waals surface area contributed by atoms with Gasteiger partial charge in [0.25, 0.3) is 21.8 Å². The summed E-state index contributed by atoms with van der Waals surface area (Å²) in [7, 11) is -8.98. The molecule has 0 saturated carbocycles. The van der Waals surface area contributed by atoms with E-state index in [0.717, 1.165) is 11.3 Å². The molecule has 19 heteroatoms. The molecular weight excluding hydrogens is 693 g/mol. The molecule has 1 aromatic heterocycles. The maximum Gasteiger partial charge on any atom is 0.340 e. The summed E-state index contributed by atoms with van der Waals surface area (Å²) in [5.74, 6) is -3.29. The Bertz CT molecular complexity index is 1880. The van der Waals surface area contributed by atoms with Gasteiger partial charge in [0.15, 0.2) is 34.5 Å². The lowest BCUT2D eigenvalue weighted by molar-refractivity contribution is 0.0910. The van der Waals surface area contributed by atoms with Crippen LogP contribution in [-0.4, -0.2) is 82.0 Å². The predicted molar refractivity (Wildman–Crippen MR) is 173 cm³/mol. The second kappa shape index (κ2) is 14.7. The average molecular weight is 726 g/mol. The van der Waals surface area contributed by atoms with E-state index in [2.05, 4.69) is 10.6 Å². The number of para-hydroxylation sites is 2. The van der Waals surface area contributed by atoms with E-state index in [1.807, 2.05) is 4.72 Å². The second-order valence-electron chi connectivity index (χ2n) is 10.6. The number of carbonyl (C=O) groups is 2. The highest BCUT2D eigenvalue weighted by Crippen LogP contribution is 2.39. The van der Waals surface area contributed by atoms with E-state index in [4.69, 9.17) is 19.3 Å². The van der Waals surface area contributed by atoms with Gasteiger partial charge in [0.05, 0.1) is 23.2 Å². The lowest BCUT2D eigenvalue weighted by atomic mass is 10.1. The Morgan fingerprint density at radius 2 is 1.29 bits per heavy atom. The molecule has 258 valence electrons. The second-order valence-corrected chi connectivity index (χ2v) is 15.3.